The van der Waals surface area contributed by atoms with Crippen molar-refractivity contribution >= 4 is 15.8 Å². The maximum Gasteiger partial charge on any atom is 0.338 e. The minimum Gasteiger partial charge on any atom is -0.497 e. The van der Waals surface area contributed by atoms with Gasteiger partial charge in [0.05, 0.1) is 31.8 Å². The lowest BCUT2D eigenvalue weighted by Crippen LogP contribution is -2.31. The first-order valence-corrected chi connectivity index (χ1v) is 12.7. The summed E-state index contributed by atoms with van der Waals surface area (Å²) >= 11 is 0. The Labute approximate surface area is 196 Å². The number of sulfone groups is 1. The fourth-order valence-corrected chi connectivity index (χ4v) is 4.67. The van der Waals surface area contributed by atoms with E-state index >= 15 is 0 Å². The molecule has 0 unspecified atom stereocenters. The van der Waals surface area contributed by atoms with Crippen LogP contribution in [0.2, 0.25) is 0 Å². The third kappa shape index (κ3) is 6.46. The van der Waals surface area contributed by atoms with Gasteiger partial charge in [-0.05, 0) is 43.3 Å². The molecule has 0 aliphatic carbocycles. The monoisotopic (exact) mass is 476 g/mol. The maximum atomic E-state index is 12.4. The molecule has 180 valence electrons. The highest BCUT2D eigenvalue weighted by molar-refractivity contribution is 7.90. The molecule has 0 bridgehead atoms. The summed E-state index contributed by atoms with van der Waals surface area (Å²) in [5.41, 5.74) is 2.32. The zero-order chi connectivity index (χ0) is 24.0. The molecule has 1 aliphatic rings. The molecule has 0 N–H and O–H groups in total. The molecule has 0 atom stereocenters. The Bertz CT molecular complexity index is 1070. The molecule has 33 heavy (non-hydrogen) atoms. The van der Waals surface area contributed by atoms with Gasteiger partial charge < -0.3 is 14.2 Å². The number of esters is 1. The van der Waals surface area contributed by atoms with Gasteiger partial charge in [0.25, 0.3) is 0 Å². The van der Waals surface area contributed by atoms with Crippen LogP contribution in [0.5, 0.6) is 11.5 Å². The highest BCUT2D eigenvalue weighted by atomic mass is 32.2. The number of benzene rings is 2. The van der Waals surface area contributed by atoms with E-state index in [0.717, 1.165) is 50.3 Å². The molecule has 3 rings (SSSR count). The van der Waals surface area contributed by atoms with Crippen molar-refractivity contribution < 1.29 is 27.4 Å². The molecule has 0 spiro atoms. The molecule has 1 aliphatic heterocycles. The molecule has 0 saturated carbocycles. The number of carbonyl (C=O) groups excluding carboxylic acids is 1. The second-order valence-corrected chi connectivity index (χ2v) is 10.2. The second kappa shape index (κ2) is 11.0. The van der Waals surface area contributed by atoms with Gasteiger partial charge in [-0.15, -0.1) is 0 Å². The van der Waals surface area contributed by atoms with Crippen LogP contribution in [0.3, 0.4) is 0 Å². The Morgan fingerprint density at radius 2 is 1.55 bits per heavy atom. The summed E-state index contributed by atoms with van der Waals surface area (Å²) in [6.07, 6.45) is 2.20. The van der Waals surface area contributed by atoms with Gasteiger partial charge in [0.2, 0.25) is 0 Å². The van der Waals surface area contributed by atoms with Gasteiger partial charge in [0.1, 0.15) is 11.5 Å². The first-order valence-electron chi connectivity index (χ1n) is 10.8. The van der Waals surface area contributed by atoms with Crippen molar-refractivity contribution in [2.75, 3.05) is 53.8 Å². The molecule has 9 heteroatoms. The highest BCUT2D eigenvalue weighted by Crippen LogP contribution is 2.31. The summed E-state index contributed by atoms with van der Waals surface area (Å²) in [4.78, 5) is 17.4. The van der Waals surface area contributed by atoms with Gasteiger partial charge in [-0.1, -0.05) is 12.1 Å². The Hall–Kier alpha value is -2.62. The van der Waals surface area contributed by atoms with E-state index in [1.165, 1.54) is 13.4 Å². The van der Waals surface area contributed by atoms with E-state index in [0.29, 0.717) is 28.5 Å². The van der Waals surface area contributed by atoms with E-state index in [-0.39, 0.29) is 0 Å². The van der Waals surface area contributed by atoms with Crippen molar-refractivity contribution in [2.24, 2.45) is 0 Å². The molecule has 0 amide bonds. The summed E-state index contributed by atoms with van der Waals surface area (Å²) in [5.74, 6) is 0.720. The van der Waals surface area contributed by atoms with Gasteiger partial charge in [-0.3, -0.25) is 9.80 Å². The second-order valence-electron chi connectivity index (χ2n) is 8.17. The number of nitrogens with zero attached hydrogens (tertiary/aromatic N) is 2. The van der Waals surface area contributed by atoms with Crippen LogP contribution in [-0.4, -0.2) is 78.0 Å². The normalized spacial score (nSPS) is 15.6. The first-order chi connectivity index (χ1) is 15.7. The van der Waals surface area contributed by atoms with E-state index < -0.39 is 15.8 Å². The van der Waals surface area contributed by atoms with Crippen molar-refractivity contribution in [1.29, 1.82) is 0 Å². The van der Waals surface area contributed by atoms with Crippen LogP contribution in [0.1, 0.15) is 27.9 Å². The number of carbonyl (C=O) groups is 1. The van der Waals surface area contributed by atoms with Crippen molar-refractivity contribution in [2.45, 2.75) is 24.4 Å². The van der Waals surface area contributed by atoms with Crippen LogP contribution in [0.15, 0.2) is 41.3 Å². The predicted molar refractivity (Wildman–Crippen MR) is 126 cm³/mol. The average Bonchev–Trinajstić information content (AvgIpc) is 3.03. The van der Waals surface area contributed by atoms with Gasteiger partial charge in [-0.25, -0.2) is 13.2 Å². The van der Waals surface area contributed by atoms with Crippen molar-refractivity contribution in [3.8, 4) is 11.5 Å². The SMILES string of the molecule is COC(=O)c1cc(OC)cc(OC)c1CN1CCCN(Cc2ccc(S(C)(=O)=O)cc2)CC1. The number of rotatable bonds is 8. The highest BCUT2D eigenvalue weighted by Gasteiger charge is 2.23. The zero-order valence-corrected chi connectivity index (χ0v) is 20.5. The van der Waals surface area contributed by atoms with Crippen LogP contribution in [0.25, 0.3) is 0 Å². The molecular formula is C24H32N2O6S. The number of methoxy groups -OCH3 is 3. The Balaban J connectivity index is 1.70. The molecular weight excluding hydrogens is 444 g/mol. The van der Waals surface area contributed by atoms with E-state index in [2.05, 4.69) is 9.80 Å². The summed E-state index contributed by atoms with van der Waals surface area (Å²) < 4.78 is 39.2. The van der Waals surface area contributed by atoms with E-state index in [4.69, 9.17) is 14.2 Å². The van der Waals surface area contributed by atoms with Crippen LogP contribution in [0, 0.1) is 0 Å². The zero-order valence-electron chi connectivity index (χ0n) is 19.7. The summed E-state index contributed by atoms with van der Waals surface area (Å²) in [6.45, 7) is 4.84. The van der Waals surface area contributed by atoms with E-state index in [1.54, 1.807) is 38.5 Å². The Morgan fingerprint density at radius 3 is 2.09 bits per heavy atom. The number of hydrogen-bond donors (Lipinski definition) is 0. The van der Waals surface area contributed by atoms with Crippen molar-refractivity contribution in [3.05, 3.63) is 53.1 Å². The lowest BCUT2D eigenvalue weighted by molar-refractivity contribution is 0.0597. The van der Waals surface area contributed by atoms with E-state index in [1.807, 2.05) is 12.1 Å². The molecule has 1 fully saturated rings. The van der Waals surface area contributed by atoms with Crippen molar-refractivity contribution in [1.82, 2.24) is 9.80 Å². The third-order valence-electron chi connectivity index (χ3n) is 5.86. The quantitative estimate of drug-likeness (QED) is 0.538. The Kier molecular flexibility index (Phi) is 8.34. The molecule has 1 saturated heterocycles. The van der Waals surface area contributed by atoms with Gasteiger partial charge in [0.15, 0.2) is 9.84 Å². The minimum atomic E-state index is -3.19. The molecule has 8 nitrogen and oxygen atoms in total. The summed E-state index contributed by atoms with van der Waals surface area (Å²) in [5, 5.41) is 0. The Morgan fingerprint density at radius 1 is 0.909 bits per heavy atom. The third-order valence-corrected chi connectivity index (χ3v) is 6.99. The molecule has 2 aromatic carbocycles. The fourth-order valence-electron chi connectivity index (χ4n) is 4.04. The minimum absolute atomic E-state index is 0.336. The average molecular weight is 477 g/mol. The molecule has 2 aromatic rings. The summed E-state index contributed by atoms with van der Waals surface area (Å²) in [7, 11) is 1.31. The topological polar surface area (TPSA) is 85.4 Å². The van der Waals surface area contributed by atoms with Gasteiger partial charge in [0, 0.05) is 44.1 Å². The summed E-state index contributed by atoms with van der Waals surface area (Å²) in [6, 6.07) is 10.6. The van der Waals surface area contributed by atoms with E-state index in [9.17, 15) is 13.2 Å². The first kappa shape index (κ1) is 25.0. The largest absolute Gasteiger partial charge is 0.497 e. The molecule has 0 aromatic heterocycles. The van der Waals surface area contributed by atoms with Crippen LogP contribution >= 0.6 is 0 Å². The fraction of sp³-hybridized carbons (Fsp3) is 0.458. The lowest BCUT2D eigenvalue weighted by atomic mass is 10.0. The maximum absolute atomic E-state index is 12.4. The molecule has 0 radical (unpaired) electrons. The predicted octanol–water partition coefficient (Wildman–Crippen LogP) is 2.60. The smallest absolute Gasteiger partial charge is 0.338 e. The van der Waals surface area contributed by atoms with Crippen LogP contribution < -0.4 is 9.47 Å². The standard InChI is InChI=1S/C24H32N2O6S/c1-30-19-14-21(24(27)32-3)22(23(15-19)31-2)17-26-11-5-10-25(12-13-26)16-18-6-8-20(9-7-18)33(4,28)29/h6-9,14-15H,5,10-13,16-17H2,1-4H3. The van der Waals surface area contributed by atoms with Crippen LogP contribution in [0.4, 0.5) is 0 Å². The van der Waals surface area contributed by atoms with Gasteiger partial charge in [-0.2, -0.15) is 0 Å². The van der Waals surface area contributed by atoms with Crippen LogP contribution in [-0.2, 0) is 27.7 Å². The van der Waals surface area contributed by atoms with Gasteiger partial charge >= 0.3 is 5.97 Å². The lowest BCUT2D eigenvalue weighted by Gasteiger charge is -2.24. The van der Waals surface area contributed by atoms with Crippen molar-refractivity contribution in [3.63, 3.8) is 0 Å². The molecule has 1 heterocycles. The number of hydrogen-bond acceptors (Lipinski definition) is 8. The number of ether oxygens (including phenoxy) is 3.